The number of carbonyl (C=O) groups excluding carboxylic acids is 1. The van der Waals surface area contributed by atoms with Crippen LogP contribution in [0.2, 0.25) is 0 Å². The Kier molecular flexibility index (Phi) is 5.04. The molecule has 0 aliphatic carbocycles. The van der Waals surface area contributed by atoms with Crippen molar-refractivity contribution in [1.29, 1.82) is 0 Å². The summed E-state index contributed by atoms with van der Waals surface area (Å²) >= 11 is 1.38. The van der Waals surface area contributed by atoms with Crippen molar-refractivity contribution in [2.45, 2.75) is 20.3 Å². The molecule has 3 N–H and O–H groups in total. The molecule has 0 spiro atoms. The van der Waals surface area contributed by atoms with Crippen molar-refractivity contribution < 1.29 is 4.79 Å². The van der Waals surface area contributed by atoms with E-state index in [4.69, 9.17) is 5.73 Å². The lowest BCUT2D eigenvalue weighted by Gasteiger charge is -2.06. The maximum Gasteiger partial charge on any atom is 0.257 e. The van der Waals surface area contributed by atoms with E-state index in [-0.39, 0.29) is 5.91 Å². The van der Waals surface area contributed by atoms with Crippen LogP contribution in [0, 0.1) is 18.8 Å². The Bertz CT molecular complexity index is 712. The number of aromatic nitrogens is 2. The van der Waals surface area contributed by atoms with Gasteiger partial charge in [0.2, 0.25) is 5.13 Å². The Morgan fingerprint density at radius 1 is 1.43 bits per heavy atom. The van der Waals surface area contributed by atoms with E-state index in [1.165, 1.54) is 11.3 Å². The van der Waals surface area contributed by atoms with E-state index in [1.807, 2.05) is 19.9 Å². The number of amides is 1. The molecule has 0 atom stereocenters. The van der Waals surface area contributed by atoms with Crippen molar-refractivity contribution in [2.75, 3.05) is 11.9 Å². The van der Waals surface area contributed by atoms with E-state index < -0.39 is 0 Å². The quantitative estimate of drug-likeness (QED) is 0.849. The van der Waals surface area contributed by atoms with Crippen LogP contribution >= 0.6 is 11.3 Å². The second-order valence-electron chi connectivity index (χ2n) is 4.29. The number of hydrogen-bond donors (Lipinski definition) is 2. The zero-order chi connectivity index (χ0) is 15.2. The van der Waals surface area contributed by atoms with Crippen LogP contribution in [0.3, 0.4) is 0 Å². The molecule has 0 aliphatic rings. The zero-order valence-electron chi connectivity index (χ0n) is 11.9. The molecule has 0 bridgehead atoms. The summed E-state index contributed by atoms with van der Waals surface area (Å²) in [5.74, 6) is 5.56. The highest BCUT2D eigenvalue weighted by atomic mass is 32.1. The van der Waals surface area contributed by atoms with Crippen molar-refractivity contribution in [1.82, 2.24) is 10.2 Å². The molecule has 0 fully saturated rings. The number of carbonyl (C=O) groups is 1. The first-order valence-electron chi connectivity index (χ1n) is 6.58. The summed E-state index contributed by atoms with van der Waals surface area (Å²) in [5, 5.41) is 12.1. The first kappa shape index (κ1) is 15.2. The van der Waals surface area contributed by atoms with Crippen molar-refractivity contribution >= 4 is 22.4 Å². The van der Waals surface area contributed by atoms with Gasteiger partial charge in [-0.15, -0.1) is 10.2 Å². The third kappa shape index (κ3) is 3.66. The average Bonchev–Trinajstić information content (AvgIpc) is 2.93. The Labute approximate surface area is 127 Å². The molecular weight excluding hydrogens is 284 g/mol. The summed E-state index contributed by atoms with van der Waals surface area (Å²) in [7, 11) is 0. The molecule has 108 valence electrons. The lowest BCUT2D eigenvalue weighted by atomic mass is 10.0. The molecule has 0 saturated heterocycles. The molecule has 5 nitrogen and oxygen atoms in total. The predicted molar refractivity (Wildman–Crippen MR) is 84.4 cm³/mol. The number of hydrogen-bond acceptors (Lipinski definition) is 5. The van der Waals surface area contributed by atoms with Gasteiger partial charge in [0, 0.05) is 11.1 Å². The van der Waals surface area contributed by atoms with E-state index in [9.17, 15) is 4.79 Å². The smallest absolute Gasteiger partial charge is 0.257 e. The van der Waals surface area contributed by atoms with Gasteiger partial charge in [0.05, 0.1) is 6.54 Å². The van der Waals surface area contributed by atoms with Crippen molar-refractivity contribution in [3.63, 3.8) is 0 Å². The number of benzene rings is 1. The second kappa shape index (κ2) is 6.97. The number of rotatable bonds is 3. The van der Waals surface area contributed by atoms with Gasteiger partial charge < -0.3 is 5.73 Å². The molecule has 0 unspecified atom stereocenters. The van der Waals surface area contributed by atoms with Gasteiger partial charge >= 0.3 is 0 Å². The minimum atomic E-state index is -0.206. The molecule has 2 rings (SSSR count). The van der Waals surface area contributed by atoms with Gasteiger partial charge in [0.1, 0.15) is 5.01 Å². The molecular formula is C15H16N4OS. The van der Waals surface area contributed by atoms with Crippen LogP contribution in [0.4, 0.5) is 5.13 Å². The highest BCUT2D eigenvalue weighted by Crippen LogP contribution is 2.18. The van der Waals surface area contributed by atoms with Gasteiger partial charge in [-0.2, -0.15) is 0 Å². The normalized spacial score (nSPS) is 9.86. The molecule has 1 heterocycles. The Balaban J connectivity index is 2.23. The summed E-state index contributed by atoms with van der Waals surface area (Å²) in [4.78, 5) is 12.3. The van der Waals surface area contributed by atoms with E-state index in [2.05, 4.69) is 27.4 Å². The zero-order valence-corrected chi connectivity index (χ0v) is 12.8. The number of aryl methyl sites for hydroxylation is 1. The first-order valence-corrected chi connectivity index (χ1v) is 7.39. The van der Waals surface area contributed by atoms with Crippen LogP contribution in [0.25, 0.3) is 0 Å². The topological polar surface area (TPSA) is 80.9 Å². The Morgan fingerprint density at radius 2 is 2.24 bits per heavy atom. The van der Waals surface area contributed by atoms with Gasteiger partial charge in [-0.25, -0.2) is 0 Å². The molecule has 2 aromatic rings. The van der Waals surface area contributed by atoms with E-state index in [0.29, 0.717) is 17.2 Å². The summed E-state index contributed by atoms with van der Waals surface area (Å²) in [6.45, 7) is 4.16. The fourth-order valence-corrected chi connectivity index (χ4v) is 2.45. The molecule has 1 amide bonds. The summed E-state index contributed by atoms with van der Waals surface area (Å²) < 4.78 is 0. The summed E-state index contributed by atoms with van der Waals surface area (Å²) in [6, 6.07) is 5.44. The van der Waals surface area contributed by atoms with Crippen molar-refractivity contribution in [2.24, 2.45) is 5.73 Å². The fourth-order valence-electron chi connectivity index (χ4n) is 1.77. The van der Waals surface area contributed by atoms with Crippen LogP contribution in [-0.2, 0) is 6.42 Å². The average molecular weight is 300 g/mol. The van der Waals surface area contributed by atoms with E-state index in [1.54, 1.807) is 12.1 Å². The van der Waals surface area contributed by atoms with Crippen LogP contribution < -0.4 is 11.1 Å². The van der Waals surface area contributed by atoms with Crippen molar-refractivity contribution in [3.8, 4) is 11.8 Å². The molecule has 1 aromatic heterocycles. The minimum Gasteiger partial charge on any atom is -0.320 e. The molecule has 21 heavy (non-hydrogen) atoms. The van der Waals surface area contributed by atoms with Crippen LogP contribution in [-0.4, -0.2) is 22.6 Å². The Morgan fingerprint density at radius 3 is 2.90 bits per heavy atom. The van der Waals surface area contributed by atoms with Crippen LogP contribution in [0.5, 0.6) is 0 Å². The maximum atomic E-state index is 12.3. The van der Waals surface area contributed by atoms with Gasteiger partial charge in [-0.3, -0.25) is 10.1 Å². The minimum absolute atomic E-state index is 0.206. The molecule has 0 aliphatic heterocycles. The van der Waals surface area contributed by atoms with Gasteiger partial charge in [-0.05, 0) is 31.0 Å². The lowest BCUT2D eigenvalue weighted by molar-refractivity contribution is 0.102. The largest absolute Gasteiger partial charge is 0.320 e. The third-order valence-electron chi connectivity index (χ3n) is 2.89. The first-order chi connectivity index (χ1) is 10.2. The van der Waals surface area contributed by atoms with Crippen molar-refractivity contribution in [3.05, 3.63) is 39.9 Å². The second-order valence-corrected chi connectivity index (χ2v) is 5.35. The van der Waals surface area contributed by atoms with Crippen LogP contribution in [0.15, 0.2) is 18.2 Å². The summed E-state index contributed by atoms with van der Waals surface area (Å²) in [6.07, 6.45) is 0.802. The third-order valence-corrected chi connectivity index (χ3v) is 3.88. The number of nitrogens with zero attached hydrogens (tertiary/aromatic N) is 2. The standard InChI is InChI=1S/C15H16N4OS/c1-3-13-18-19-15(21-13)17-14(20)12-8-4-6-11(10(12)2)7-5-9-16/h4,6,8H,3,9,16H2,1-2H3,(H,17,19,20). The Hall–Kier alpha value is -2.23. The lowest BCUT2D eigenvalue weighted by Crippen LogP contribution is -2.13. The number of anilines is 1. The fraction of sp³-hybridized carbons (Fsp3) is 0.267. The van der Waals surface area contributed by atoms with E-state index >= 15 is 0 Å². The van der Waals surface area contributed by atoms with Gasteiger partial charge in [-0.1, -0.05) is 36.2 Å². The van der Waals surface area contributed by atoms with Gasteiger partial charge in [0.15, 0.2) is 0 Å². The maximum absolute atomic E-state index is 12.3. The number of nitrogens with one attached hydrogen (secondary N) is 1. The summed E-state index contributed by atoms with van der Waals surface area (Å²) in [5.41, 5.74) is 7.59. The van der Waals surface area contributed by atoms with Gasteiger partial charge in [0.25, 0.3) is 5.91 Å². The van der Waals surface area contributed by atoms with Crippen LogP contribution in [0.1, 0.15) is 33.4 Å². The number of nitrogens with two attached hydrogens (primary N) is 1. The highest BCUT2D eigenvalue weighted by Gasteiger charge is 2.13. The SMILES string of the molecule is CCc1nnc(NC(=O)c2cccc(C#CCN)c2C)s1. The molecule has 1 aromatic carbocycles. The van der Waals surface area contributed by atoms with E-state index in [0.717, 1.165) is 22.6 Å². The highest BCUT2D eigenvalue weighted by molar-refractivity contribution is 7.15. The molecule has 0 radical (unpaired) electrons. The monoisotopic (exact) mass is 300 g/mol. The predicted octanol–water partition coefficient (Wildman–Crippen LogP) is 1.97. The molecule has 6 heteroatoms. The molecule has 0 saturated carbocycles.